The smallest absolute Gasteiger partial charge is 0.133 e. The zero-order valence-corrected chi connectivity index (χ0v) is 10.2. The zero-order valence-electron chi connectivity index (χ0n) is 10.2. The molecule has 0 amide bonds. The van der Waals surface area contributed by atoms with Gasteiger partial charge in [0.25, 0.3) is 0 Å². The molecule has 0 aromatic rings. The van der Waals surface area contributed by atoms with Gasteiger partial charge in [-0.05, 0) is 36.5 Å². The van der Waals surface area contributed by atoms with E-state index >= 15 is 0 Å². The Balaban J connectivity index is 2.00. The molecule has 2 aliphatic carbocycles. The predicted molar refractivity (Wildman–Crippen MR) is 62.7 cm³/mol. The molecule has 0 aliphatic heterocycles. The lowest BCUT2D eigenvalue weighted by Gasteiger charge is -2.39. The molecular formula is C14H24O. The molecule has 2 saturated carbocycles. The summed E-state index contributed by atoms with van der Waals surface area (Å²) in [6.07, 6.45) is 9.80. The van der Waals surface area contributed by atoms with E-state index in [-0.39, 0.29) is 0 Å². The minimum atomic E-state index is 0.366. The molecule has 2 fully saturated rings. The van der Waals surface area contributed by atoms with E-state index in [2.05, 4.69) is 13.8 Å². The van der Waals surface area contributed by atoms with E-state index < -0.39 is 0 Å². The Kier molecular flexibility index (Phi) is 3.18. The molecule has 1 heteroatoms. The van der Waals surface area contributed by atoms with Gasteiger partial charge >= 0.3 is 0 Å². The van der Waals surface area contributed by atoms with E-state index in [9.17, 15) is 4.79 Å². The summed E-state index contributed by atoms with van der Waals surface area (Å²) in [5.41, 5.74) is 0.366. The average molecular weight is 208 g/mol. The third-order valence-corrected chi connectivity index (χ3v) is 4.92. The van der Waals surface area contributed by atoms with Crippen LogP contribution in [0.25, 0.3) is 0 Å². The summed E-state index contributed by atoms with van der Waals surface area (Å²) in [7, 11) is 0. The van der Waals surface area contributed by atoms with Crippen LogP contribution >= 0.6 is 0 Å². The molecule has 0 spiro atoms. The highest BCUT2D eigenvalue weighted by molar-refractivity contribution is 5.81. The van der Waals surface area contributed by atoms with E-state index in [4.69, 9.17) is 0 Å². The highest BCUT2D eigenvalue weighted by Crippen LogP contribution is 2.49. The van der Waals surface area contributed by atoms with Crippen LogP contribution < -0.4 is 0 Å². The first-order valence-electron chi connectivity index (χ1n) is 6.66. The van der Waals surface area contributed by atoms with Crippen LogP contribution in [-0.2, 0) is 4.79 Å². The maximum Gasteiger partial charge on any atom is 0.133 e. The first kappa shape index (κ1) is 11.2. The first-order chi connectivity index (χ1) is 7.14. The van der Waals surface area contributed by atoms with Crippen molar-refractivity contribution in [3.05, 3.63) is 0 Å². The van der Waals surface area contributed by atoms with Gasteiger partial charge in [-0.25, -0.2) is 0 Å². The second-order valence-electron chi connectivity index (χ2n) is 6.01. The summed E-state index contributed by atoms with van der Waals surface area (Å²) in [5, 5.41) is 0. The molecule has 3 unspecified atom stereocenters. The van der Waals surface area contributed by atoms with E-state index in [1.54, 1.807) is 0 Å². The Bertz CT molecular complexity index is 246. The summed E-state index contributed by atoms with van der Waals surface area (Å²) in [5.74, 6) is 2.29. The quantitative estimate of drug-likeness (QED) is 0.671. The normalized spacial score (nSPS) is 42.1. The van der Waals surface area contributed by atoms with Gasteiger partial charge in [0.2, 0.25) is 0 Å². The van der Waals surface area contributed by atoms with E-state index in [1.165, 1.54) is 32.1 Å². The maximum absolute atomic E-state index is 11.5. The van der Waals surface area contributed by atoms with E-state index in [0.29, 0.717) is 11.2 Å². The largest absolute Gasteiger partial charge is 0.300 e. The minimum Gasteiger partial charge on any atom is -0.300 e. The van der Waals surface area contributed by atoms with Gasteiger partial charge in [0, 0.05) is 12.8 Å². The fourth-order valence-electron chi connectivity index (χ4n) is 3.70. The van der Waals surface area contributed by atoms with Crippen LogP contribution in [0.4, 0.5) is 0 Å². The molecule has 2 aliphatic rings. The number of hydrogen-bond acceptors (Lipinski definition) is 1. The van der Waals surface area contributed by atoms with Gasteiger partial charge in [-0.2, -0.15) is 0 Å². The first-order valence-corrected chi connectivity index (χ1v) is 6.66. The second-order valence-corrected chi connectivity index (χ2v) is 6.01. The Morgan fingerprint density at radius 3 is 2.80 bits per heavy atom. The van der Waals surface area contributed by atoms with Crippen LogP contribution in [0.2, 0.25) is 0 Å². The molecule has 1 nitrogen and oxygen atoms in total. The third kappa shape index (κ3) is 2.26. The van der Waals surface area contributed by atoms with Crippen LogP contribution in [-0.4, -0.2) is 5.78 Å². The SMILES string of the molecule is CCC1CCCC(C2(C)CCC(=O)C2)C1. The Morgan fingerprint density at radius 1 is 1.40 bits per heavy atom. The summed E-state index contributed by atoms with van der Waals surface area (Å²) in [4.78, 5) is 11.5. The zero-order chi connectivity index (χ0) is 10.9. The van der Waals surface area contributed by atoms with Crippen molar-refractivity contribution in [1.82, 2.24) is 0 Å². The molecule has 86 valence electrons. The summed E-state index contributed by atoms with van der Waals surface area (Å²) in [6.45, 7) is 4.68. The lowest BCUT2D eigenvalue weighted by atomic mass is 9.66. The molecule has 3 atom stereocenters. The van der Waals surface area contributed by atoms with Crippen molar-refractivity contribution >= 4 is 5.78 Å². The summed E-state index contributed by atoms with van der Waals surface area (Å²) >= 11 is 0. The highest BCUT2D eigenvalue weighted by atomic mass is 16.1. The fourth-order valence-corrected chi connectivity index (χ4v) is 3.70. The Hall–Kier alpha value is -0.330. The van der Waals surface area contributed by atoms with Crippen molar-refractivity contribution in [2.75, 3.05) is 0 Å². The monoisotopic (exact) mass is 208 g/mol. The third-order valence-electron chi connectivity index (χ3n) is 4.92. The van der Waals surface area contributed by atoms with Gasteiger partial charge in [0.05, 0.1) is 0 Å². The molecule has 0 aromatic carbocycles. The number of carbonyl (C=O) groups is 1. The second kappa shape index (κ2) is 4.27. The van der Waals surface area contributed by atoms with E-state index in [0.717, 1.165) is 31.1 Å². The molecule has 0 saturated heterocycles. The van der Waals surface area contributed by atoms with E-state index in [1.807, 2.05) is 0 Å². The number of carbonyl (C=O) groups excluding carboxylic acids is 1. The van der Waals surface area contributed by atoms with Crippen LogP contribution in [0.1, 0.15) is 65.2 Å². The maximum atomic E-state index is 11.5. The summed E-state index contributed by atoms with van der Waals surface area (Å²) in [6, 6.07) is 0. The molecule has 0 N–H and O–H groups in total. The fraction of sp³-hybridized carbons (Fsp3) is 0.929. The average Bonchev–Trinajstić information content (AvgIpc) is 2.60. The molecule has 0 radical (unpaired) electrons. The molecule has 0 heterocycles. The van der Waals surface area contributed by atoms with Crippen molar-refractivity contribution in [1.29, 1.82) is 0 Å². The lowest BCUT2D eigenvalue weighted by Crippen LogP contribution is -2.29. The lowest BCUT2D eigenvalue weighted by molar-refractivity contribution is -0.118. The standard InChI is InChI=1S/C14H24O/c1-3-11-5-4-6-12(9-11)14(2)8-7-13(15)10-14/h11-12H,3-10H2,1-2H3. The van der Waals surface area contributed by atoms with Gasteiger partial charge in [0.15, 0.2) is 0 Å². The van der Waals surface area contributed by atoms with Crippen LogP contribution in [0, 0.1) is 17.3 Å². The molecule has 0 bridgehead atoms. The predicted octanol–water partition coefficient (Wildman–Crippen LogP) is 3.96. The molecule has 0 aromatic heterocycles. The van der Waals surface area contributed by atoms with Gasteiger partial charge in [-0.15, -0.1) is 0 Å². The molecule has 15 heavy (non-hydrogen) atoms. The van der Waals surface area contributed by atoms with Crippen molar-refractivity contribution < 1.29 is 4.79 Å². The number of ketones is 1. The Labute approximate surface area is 93.6 Å². The molecular weight excluding hydrogens is 184 g/mol. The number of hydrogen-bond donors (Lipinski definition) is 0. The van der Waals surface area contributed by atoms with Crippen LogP contribution in [0.3, 0.4) is 0 Å². The van der Waals surface area contributed by atoms with Gasteiger partial charge < -0.3 is 0 Å². The van der Waals surface area contributed by atoms with Crippen LogP contribution in [0.15, 0.2) is 0 Å². The van der Waals surface area contributed by atoms with Gasteiger partial charge in [-0.1, -0.05) is 33.1 Å². The van der Waals surface area contributed by atoms with Gasteiger partial charge in [0.1, 0.15) is 5.78 Å². The number of rotatable bonds is 2. The minimum absolute atomic E-state index is 0.366. The topological polar surface area (TPSA) is 17.1 Å². The van der Waals surface area contributed by atoms with Crippen molar-refractivity contribution in [3.63, 3.8) is 0 Å². The van der Waals surface area contributed by atoms with Crippen LogP contribution in [0.5, 0.6) is 0 Å². The van der Waals surface area contributed by atoms with Crippen molar-refractivity contribution in [2.24, 2.45) is 17.3 Å². The van der Waals surface area contributed by atoms with Gasteiger partial charge in [-0.3, -0.25) is 4.79 Å². The highest BCUT2D eigenvalue weighted by Gasteiger charge is 2.41. The van der Waals surface area contributed by atoms with Crippen molar-refractivity contribution in [2.45, 2.75) is 65.2 Å². The number of Topliss-reactive ketones (excluding diaryl/α,β-unsaturated/α-hetero) is 1. The molecule has 2 rings (SSSR count). The summed E-state index contributed by atoms with van der Waals surface area (Å²) < 4.78 is 0. The van der Waals surface area contributed by atoms with Crippen molar-refractivity contribution in [3.8, 4) is 0 Å². The Morgan fingerprint density at radius 2 is 2.20 bits per heavy atom.